The van der Waals surface area contributed by atoms with Gasteiger partial charge in [-0.3, -0.25) is 9.59 Å². The smallest absolute Gasteiger partial charge is 0.289 e. The molecule has 1 N–H and O–H groups in total. The number of carbonyl (C=O) groups excluding carboxylic acids is 2. The lowest BCUT2D eigenvalue weighted by atomic mass is 10.2. The average molecular weight is 222 g/mol. The molecule has 5 heteroatoms. The van der Waals surface area contributed by atoms with Crippen LogP contribution >= 0.6 is 0 Å². The second-order valence-electron chi connectivity index (χ2n) is 3.91. The third kappa shape index (κ3) is 2.24. The molecule has 1 aromatic rings. The van der Waals surface area contributed by atoms with Crippen LogP contribution in [0.1, 0.15) is 23.9 Å². The SMILES string of the molecule is CC(=O)NC1CCN(C(=O)c2ccco2)C1. The highest BCUT2D eigenvalue weighted by molar-refractivity contribution is 5.91. The van der Waals surface area contributed by atoms with Gasteiger partial charge in [0.25, 0.3) is 5.91 Å². The maximum Gasteiger partial charge on any atom is 0.289 e. The molecule has 0 bridgehead atoms. The molecule has 16 heavy (non-hydrogen) atoms. The number of furan rings is 1. The standard InChI is InChI=1S/C11H14N2O3/c1-8(14)12-9-4-5-13(7-9)11(15)10-3-2-6-16-10/h2-3,6,9H,4-5,7H2,1H3,(H,12,14). The number of likely N-dealkylation sites (tertiary alicyclic amines) is 1. The van der Waals surface area contributed by atoms with Crippen LogP contribution in [0.25, 0.3) is 0 Å². The van der Waals surface area contributed by atoms with E-state index in [4.69, 9.17) is 4.42 Å². The van der Waals surface area contributed by atoms with Gasteiger partial charge < -0.3 is 14.6 Å². The average Bonchev–Trinajstić information content (AvgIpc) is 2.84. The Hall–Kier alpha value is -1.78. The Labute approximate surface area is 93.4 Å². The van der Waals surface area contributed by atoms with Crippen molar-refractivity contribution < 1.29 is 14.0 Å². The summed E-state index contributed by atoms with van der Waals surface area (Å²) < 4.78 is 5.05. The fourth-order valence-electron chi connectivity index (χ4n) is 1.91. The van der Waals surface area contributed by atoms with E-state index in [-0.39, 0.29) is 17.9 Å². The summed E-state index contributed by atoms with van der Waals surface area (Å²) in [5, 5.41) is 2.81. The number of nitrogens with one attached hydrogen (secondary N) is 1. The minimum Gasteiger partial charge on any atom is -0.459 e. The van der Waals surface area contributed by atoms with Gasteiger partial charge in [-0.05, 0) is 18.6 Å². The van der Waals surface area contributed by atoms with Crippen molar-refractivity contribution >= 4 is 11.8 Å². The molecule has 2 rings (SSSR count). The lowest BCUT2D eigenvalue weighted by Crippen LogP contribution is -2.37. The minimum atomic E-state index is -0.113. The normalized spacial score (nSPS) is 19.8. The Morgan fingerprint density at radius 2 is 2.38 bits per heavy atom. The lowest BCUT2D eigenvalue weighted by Gasteiger charge is -2.15. The molecule has 1 fully saturated rings. The van der Waals surface area contributed by atoms with Crippen LogP contribution in [0.5, 0.6) is 0 Å². The van der Waals surface area contributed by atoms with Crippen LogP contribution < -0.4 is 5.32 Å². The van der Waals surface area contributed by atoms with Crippen molar-refractivity contribution in [2.45, 2.75) is 19.4 Å². The predicted octanol–water partition coefficient (Wildman–Crippen LogP) is 0.630. The number of hydrogen-bond acceptors (Lipinski definition) is 3. The number of carbonyl (C=O) groups is 2. The van der Waals surface area contributed by atoms with E-state index >= 15 is 0 Å². The number of nitrogens with zero attached hydrogens (tertiary/aromatic N) is 1. The first-order chi connectivity index (χ1) is 7.66. The van der Waals surface area contributed by atoms with Crippen molar-refractivity contribution in [3.8, 4) is 0 Å². The van der Waals surface area contributed by atoms with E-state index in [1.165, 1.54) is 13.2 Å². The molecule has 5 nitrogen and oxygen atoms in total. The van der Waals surface area contributed by atoms with Crippen molar-refractivity contribution in [3.63, 3.8) is 0 Å². The Morgan fingerprint density at radius 1 is 1.56 bits per heavy atom. The van der Waals surface area contributed by atoms with Crippen molar-refractivity contribution in [1.29, 1.82) is 0 Å². The molecule has 1 aromatic heterocycles. The zero-order valence-corrected chi connectivity index (χ0v) is 9.10. The van der Waals surface area contributed by atoms with Crippen LogP contribution in [0.3, 0.4) is 0 Å². The van der Waals surface area contributed by atoms with Crippen LogP contribution in [-0.2, 0) is 4.79 Å². The molecule has 0 aliphatic carbocycles. The molecule has 2 heterocycles. The van der Waals surface area contributed by atoms with Crippen molar-refractivity contribution in [1.82, 2.24) is 10.2 Å². The summed E-state index contributed by atoms with van der Waals surface area (Å²) in [4.78, 5) is 24.4. The number of amides is 2. The first-order valence-electron chi connectivity index (χ1n) is 5.26. The van der Waals surface area contributed by atoms with E-state index in [1.807, 2.05) is 0 Å². The summed E-state index contributed by atoms with van der Waals surface area (Å²) in [6, 6.07) is 3.40. The van der Waals surface area contributed by atoms with Gasteiger partial charge in [-0.25, -0.2) is 0 Å². The minimum absolute atomic E-state index is 0.0581. The molecule has 1 atom stereocenters. The Morgan fingerprint density at radius 3 is 3.00 bits per heavy atom. The monoisotopic (exact) mass is 222 g/mol. The molecule has 1 aliphatic heterocycles. The highest BCUT2D eigenvalue weighted by Crippen LogP contribution is 2.13. The fraction of sp³-hybridized carbons (Fsp3) is 0.455. The molecule has 0 spiro atoms. The molecular formula is C11H14N2O3. The number of hydrogen-bond donors (Lipinski definition) is 1. The second kappa shape index (κ2) is 4.38. The van der Waals surface area contributed by atoms with Crippen molar-refractivity contribution in [3.05, 3.63) is 24.2 Å². The third-order valence-electron chi connectivity index (χ3n) is 2.61. The van der Waals surface area contributed by atoms with Gasteiger partial charge in [-0.2, -0.15) is 0 Å². The van der Waals surface area contributed by atoms with Crippen LogP contribution in [0.15, 0.2) is 22.8 Å². The van der Waals surface area contributed by atoms with E-state index in [2.05, 4.69) is 5.32 Å². The maximum absolute atomic E-state index is 11.9. The molecule has 1 aliphatic rings. The molecule has 1 unspecified atom stereocenters. The van der Waals surface area contributed by atoms with Crippen LogP contribution in [0.2, 0.25) is 0 Å². The van der Waals surface area contributed by atoms with Gasteiger partial charge in [0, 0.05) is 26.1 Å². The summed E-state index contributed by atoms with van der Waals surface area (Å²) in [6.07, 6.45) is 2.28. The first kappa shape index (κ1) is 10.7. The van der Waals surface area contributed by atoms with E-state index < -0.39 is 0 Å². The van der Waals surface area contributed by atoms with Gasteiger partial charge in [0.05, 0.1) is 6.26 Å². The van der Waals surface area contributed by atoms with E-state index in [0.717, 1.165) is 6.42 Å². The third-order valence-corrected chi connectivity index (χ3v) is 2.61. The molecular weight excluding hydrogens is 208 g/mol. The highest BCUT2D eigenvalue weighted by atomic mass is 16.3. The topological polar surface area (TPSA) is 62.6 Å². The second-order valence-corrected chi connectivity index (χ2v) is 3.91. The van der Waals surface area contributed by atoms with Crippen LogP contribution in [0, 0.1) is 0 Å². The summed E-state index contributed by atoms with van der Waals surface area (Å²) in [5.74, 6) is 0.179. The molecule has 0 radical (unpaired) electrons. The van der Waals surface area contributed by atoms with Gasteiger partial charge in [0.2, 0.25) is 5.91 Å². The van der Waals surface area contributed by atoms with Crippen LogP contribution in [-0.4, -0.2) is 35.8 Å². The summed E-state index contributed by atoms with van der Waals surface area (Å²) >= 11 is 0. The molecule has 2 amide bonds. The molecule has 0 aromatic carbocycles. The largest absolute Gasteiger partial charge is 0.459 e. The summed E-state index contributed by atoms with van der Waals surface area (Å²) in [7, 11) is 0. The summed E-state index contributed by atoms with van der Waals surface area (Å²) in [5.41, 5.74) is 0. The predicted molar refractivity (Wildman–Crippen MR) is 56.8 cm³/mol. The van der Waals surface area contributed by atoms with Gasteiger partial charge in [-0.1, -0.05) is 0 Å². The molecule has 1 saturated heterocycles. The van der Waals surface area contributed by atoms with Crippen LogP contribution in [0.4, 0.5) is 0 Å². The zero-order valence-electron chi connectivity index (χ0n) is 9.10. The van der Waals surface area contributed by atoms with E-state index in [0.29, 0.717) is 18.8 Å². The molecule has 0 saturated carbocycles. The van der Waals surface area contributed by atoms with Gasteiger partial charge in [0.15, 0.2) is 5.76 Å². The molecule has 86 valence electrons. The Balaban J connectivity index is 1.94. The fourth-order valence-corrected chi connectivity index (χ4v) is 1.91. The van der Waals surface area contributed by atoms with Crippen molar-refractivity contribution in [2.24, 2.45) is 0 Å². The maximum atomic E-state index is 11.9. The van der Waals surface area contributed by atoms with Gasteiger partial charge in [-0.15, -0.1) is 0 Å². The van der Waals surface area contributed by atoms with Crippen molar-refractivity contribution in [2.75, 3.05) is 13.1 Å². The van der Waals surface area contributed by atoms with E-state index in [9.17, 15) is 9.59 Å². The zero-order chi connectivity index (χ0) is 11.5. The van der Waals surface area contributed by atoms with Gasteiger partial charge in [0.1, 0.15) is 0 Å². The Kier molecular flexibility index (Phi) is 2.94. The Bertz CT molecular complexity index is 386. The summed E-state index contributed by atoms with van der Waals surface area (Å²) in [6.45, 7) is 2.70. The van der Waals surface area contributed by atoms with E-state index in [1.54, 1.807) is 17.0 Å². The highest BCUT2D eigenvalue weighted by Gasteiger charge is 2.28. The quantitative estimate of drug-likeness (QED) is 0.798. The lowest BCUT2D eigenvalue weighted by molar-refractivity contribution is -0.119. The first-order valence-corrected chi connectivity index (χ1v) is 5.26. The van der Waals surface area contributed by atoms with Gasteiger partial charge >= 0.3 is 0 Å². The number of rotatable bonds is 2.